The number of pyridine rings is 1. The zero-order chi connectivity index (χ0) is 30.4. The van der Waals surface area contributed by atoms with Crippen LogP contribution in [0.15, 0.2) is 47.4 Å². The molecule has 0 saturated heterocycles. The summed E-state index contributed by atoms with van der Waals surface area (Å²) in [6.45, 7) is -0.420. The number of carboxylic acid groups (broad SMARTS) is 1. The van der Waals surface area contributed by atoms with Gasteiger partial charge in [-0.3, -0.25) is 14.4 Å². The largest absolute Gasteiger partial charge is 0.464 e. The molecule has 2 aromatic heterocycles. The first-order valence-corrected chi connectivity index (χ1v) is 12.2. The summed E-state index contributed by atoms with van der Waals surface area (Å²) in [5, 5.41) is 12.1. The number of rotatable bonds is 9. The maximum absolute atomic E-state index is 13.8. The number of fused-ring (bicyclic) bond motifs is 1. The molecular formula is C26H28F2N6O7. The minimum absolute atomic E-state index is 0.000594. The van der Waals surface area contributed by atoms with E-state index in [1.165, 1.54) is 49.5 Å². The first-order chi connectivity index (χ1) is 19.3. The first kappa shape index (κ1) is 30.5. The summed E-state index contributed by atoms with van der Waals surface area (Å²) in [6.07, 6.45) is 0.685. The zero-order valence-electron chi connectivity index (χ0n) is 22.6. The molecule has 0 spiro atoms. The van der Waals surface area contributed by atoms with Gasteiger partial charge in [0, 0.05) is 46.5 Å². The molecule has 41 heavy (non-hydrogen) atoms. The zero-order valence-corrected chi connectivity index (χ0v) is 22.6. The summed E-state index contributed by atoms with van der Waals surface area (Å²) >= 11 is 0. The Bertz CT molecular complexity index is 1580. The highest BCUT2D eigenvalue weighted by molar-refractivity contribution is 5.95. The van der Waals surface area contributed by atoms with Gasteiger partial charge in [0.25, 0.3) is 11.5 Å². The van der Waals surface area contributed by atoms with Crippen LogP contribution in [0.1, 0.15) is 18.7 Å². The monoisotopic (exact) mass is 574 g/mol. The van der Waals surface area contributed by atoms with Crippen LogP contribution in [-0.4, -0.2) is 87.3 Å². The van der Waals surface area contributed by atoms with E-state index in [2.05, 4.69) is 10.3 Å². The Kier molecular flexibility index (Phi) is 9.55. The standard InChI is InChI=1S/C26H28F2N6O7/c1-31(2)22(35)10-6-5-9-20(41-26(40)32(3)4)23(36)30-17-8-7-11-33(24(17)37)14-21-29-18-12-15(27)16(28)13-19(18)34(21)25(38)39/h6-8,10-13,20H,5,9,14H2,1-4H3,(H,30,36)(H,38,39). The second-order valence-corrected chi connectivity index (χ2v) is 9.22. The molecule has 218 valence electrons. The van der Waals surface area contributed by atoms with Crippen molar-refractivity contribution >= 4 is 40.7 Å². The molecule has 1 atom stereocenters. The van der Waals surface area contributed by atoms with Crippen LogP contribution >= 0.6 is 0 Å². The van der Waals surface area contributed by atoms with Gasteiger partial charge in [-0.2, -0.15) is 0 Å². The number of allylic oxidation sites excluding steroid dienone is 1. The van der Waals surface area contributed by atoms with E-state index in [1.54, 1.807) is 14.1 Å². The highest BCUT2D eigenvalue weighted by Gasteiger charge is 2.25. The number of nitrogens with zero attached hydrogens (tertiary/aromatic N) is 5. The van der Waals surface area contributed by atoms with Crippen LogP contribution in [0.25, 0.3) is 11.0 Å². The molecule has 0 aliphatic heterocycles. The Morgan fingerprint density at radius 2 is 1.80 bits per heavy atom. The van der Waals surface area contributed by atoms with E-state index in [0.717, 1.165) is 15.5 Å². The minimum atomic E-state index is -1.53. The fourth-order valence-electron chi connectivity index (χ4n) is 3.62. The van der Waals surface area contributed by atoms with Gasteiger partial charge in [0.2, 0.25) is 5.91 Å². The fraction of sp³-hybridized carbons (Fsp3) is 0.308. The number of aromatic nitrogens is 3. The van der Waals surface area contributed by atoms with Crippen LogP contribution in [0.2, 0.25) is 0 Å². The van der Waals surface area contributed by atoms with Crippen molar-refractivity contribution in [1.82, 2.24) is 23.9 Å². The quantitative estimate of drug-likeness (QED) is 0.369. The molecule has 0 saturated carbocycles. The molecule has 15 heteroatoms. The molecule has 2 heterocycles. The number of hydrogen-bond acceptors (Lipinski definition) is 7. The van der Waals surface area contributed by atoms with Crippen LogP contribution in [0, 0.1) is 11.6 Å². The van der Waals surface area contributed by atoms with Crippen LogP contribution < -0.4 is 10.9 Å². The number of anilines is 1. The van der Waals surface area contributed by atoms with Gasteiger partial charge in [0.05, 0.1) is 17.6 Å². The van der Waals surface area contributed by atoms with Crippen molar-refractivity contribution in [3.05, 3.63) is 70.4 Å². The van der Waals surface area contributed by atoms with E-state index >= 15 is 0 Å². The Labute approximate surface area is 232 Å². The number of carbonyl (C=O) groups is 4. The van der Waals surface area contributed by atoms with Crippen LogP contribution in [0.5, 0.6) is 0 Å². The lowest BCUT2D eigenvalue weighted by Gasteiger charge is -2.19. The molecule has 0 bridgehead atoms. The van der Waals surface area contributed by atoms with E-state index in [4.69, 9.17) is 4.74 Å². The lowest BCUT2D eigenvalue weighted by atomic mass is 10.1. The lowest BCUT2D eigenvalue weighted by Crippen LogP contribution is -2.37. The second kappa shape index (κ2) is 12.8. The van der Waals surface area contributed by atoms with Crippen molar-refractivity contribution in [3.8, 4) is 0 Å². The minimum Gasteiger partial charge on any atom is -0.464 e. The number of imidazole rings is 1. The van der Waals surface area contributed by atoms with Crippen molar-refractivity contribution < 1.29 is 37.8 Å². The smallest absolute Gasteiger partial charge is 0.417 e. The lowest BCUT2D eigenvalue weighted by molar-refractivity contribution is -0.125. The SMILES string of the molecule is CN(C)C(=O)C=CCCC(OC(=O)N(C)C)C(=O)Nc1cccn(Cc2nc3cc(F)c(F)cc3n2C(=O)O)c1=O. The van der Waals surface area contributed by atoms with Gasteiger partial charge in [-0.1, -0.05) is 6.08 Å². The maximum atomic E-state index is 13.8. The molecule has 3 rings (SSSR count). The second-order valence-electron chi connectivity index (χ2n) is 9.22. The molecule has 1 aromatic carbocycles. The topological polar surface area (TPSA) is 156 Å². The maximum Gasteiger partial charge on any atom is 0.417 e. The molecule has 0 radical (unpaired) electrons. The molecule has 0 aliphatic carbocycles. The van der Waals surface area contributed by atoms with Gasteiger partial charge in [-0.05, 0) is 31.1 Å². The molecule has 13 nitrogen and oxygen atoms in total. The number of ether oxygens (including phenoxy) is 1. The Morgan fingerprint density at radius 3 is 2.44 bits per heavy atom. The van der Waals surface area contributed by atoms with Gasteiger partial charge < -0.3 is 29.5 Å². The summed E-state index contributed by atoms with van der Waals surface area (Å²) in [5.74, 6) is -3.78. The summed E-state index contributed by atoms with van der Waals surface area (Å²) in [4.78, 5) is 68.4. The Hall–Kier alpha value is -5.08. The number of benzene rings is 1. The predicted octanol–water partition coefficient (Wildman–Crippen LogP) is 2.48. The third-order valence-electron chi connectivity index (χ3n) is 5.74. The van der Waals surface area contributed by atoms with E-state index in [1.807, 2.05) is 0 Å². The fourth-order valence-corrected chi connectivity index (χ4v) is 3.62. The number of likely N-dealkylation sites (N-methyl/N-ethyl adjacent to an activating group) is 1. The van der Waals surface area contributed by atoms with Crippen LogP contribution in [0.3, 0.4) is 0 Å². The average Bonchev–Trinajstić information content (AvgIpc) is 3.24. The van der Waals surface area contributed by atoms with E-state index in [0.29, 0.717) is 10.6 Å². The average molecular weight is 575 g/mol. The van der Waals surface area contributed by atoms with Crippen molar-refractivity contribution in [2.45, 2.75) is 25.5 Å². The van der Waals surface area contributed by atoms with E-state index < -0.39 is 47.9 Å². The van der Waals surface area contributed by atoms with Gasteiger partial charge in [-0.25, -0.2) is 27.9 Å². The number of hydrogen-bond donors (Lipinski definition) is 2. The van der Waals surface area contributed by atoms with Gasteiger partial charge in [0.15, 0.2) is 17.7 Å². The molecule has 3 amide bonds. The van der Waals surface area contributed by atoms with Crippen molar-refractivity contribution in [1.29, 1.82) is 0 Å². The molecule has 3 aromatic rings. The summed E-state index contributed by atoms with van der Waals surface area (Å²) in [5.41, 5.74) is -1.31. The molecule has 1 unspecified atom stereocenters. The number of carbonyl (C=O) groups excluding carboxylic acids is 3. The number of amides is 3. The van der Waals surface area contributed by atoms with E-state index in [9.17, 15) is 37.9 Å². The van der Waals surface area contributed by atoms with E-state index in [-0.39, 0.29) is 41.3 Å². The highest BCUT2D eigenvalue weighted by Crippen LogP contribution is 2.21. The molecule has 0 fully saturated rings. The summed E-state index contributed by atoms with van der Waals surface area (Å²) in [6, 6.07) is 4.13. The molecular weight excluding hydrogens is 546 g/mol. The third-order valence-corrected chi connectivity index (χ3v) is 5.74. The summed E-state index contributed by atoms with van der Waals surface area (Å²) < 4.78 is 34.4. The van der Waals surface area contributed by atoms with Gasteiger partial charge in [0.1, 0.15) is 11.5 Å². The Morgan fingerprint density at radius 1 is 1.12 bits per heavy atom. The van der Waals surface area contributed by atoms with Crippen molar-refractivity contribution in [2.24, 2.45) is 0 Å². The van der Waals surface area contributed by atoms with Crippen LogP contribution in [-0.2, 0) is 20.9 Å². The molecule has 2 N–H and O–H groups in total. The van der Waals surface area contributed by atoms with Crippen LogP contribution in [0.4, 0.5) is 24.1 Å². The molecule has 0 aliphatic rings. The van der Waals surface area contributed by atoms with Crippen molar-refractivity contribution in [2.75, 3.05) is 33.5 Å². The number of halogens is 2. The number of nitrogens with one attached hydrogen (secondary N) is 1. The van der Waals surface area contributed by atoms with Crippen molar-refractivity contribution in [3.63, 3.8) is 0 Å². The van der Waals surface area contributed by atoms with Gasteiger partial charge >= 0.3 is 12.2 Å². The summed E-state index contributed by atoms with van der Waals surface area (Å²) in [7, 11) is 6.00. The van der Waals surface area contributed by atoms with Gasteiger partial charge in [-0.15, -0.1) is 0 Å². The highest BCUT2D eigenvalue weighted by atomic mass is 19.2. The normalized spacial score (nSPS) is 11.9. The first-order valence-electron chi connectivity index (χ1n) is 12.2. The Balaban J connectivity index is 1.85. The third kappa shape index (κ3) is 7.32. The predicted molar refractivity (Wildman–Crippen MR) is 143 cm³/mol.